The molecular formula is C23H25ClN4O3. The Bertz CT molecular complexity index is 1010. The fourth-order valence-corrected chi connectivity index (χ4v) is 3.84. The molecule has 0 radical (unpaired) electrons. The van der Waals surface area contributed by atoms with Crippen LogP contribution in [0.4, 0.5) is 5.69 Å². The Kier molecular flexibility index (Phi) is 6.72. The third kappa shape index (κ3) is 5.17. The van der Waals surface area contributed by atoms with Crippen molar-refractivity contribution in [3.8, 4) is 17.1 Å². The van der Waals surface area contributed by atoms with Gasteiger partial charge in [-0.25, -0.2) is 0 Å². The number of ether oxygens (including phenoxy) is 1. The monoisotopic (exact) mass is 440 g/mol. The Balaban J connectivity index is 1.23. The number of benzene rings is 2. The number of halogens is 1. The number of aryl methyl sites for hydroxylation is 1. The first kappa shape index (κ1) is 21.2. The fourth-order valence-electron chi connectivity index (χ4n) is 3.71. The minimum atomic E-state index is 0.164. The van der Waals surface area contributed by atoms with Gasteiger partial charge in [0, 0.05) is 49.6 Å². The van der Waals surface area contributed by atoms with E-state index < -0.39 is 0 Å². The van der Waals surface area contributed by atoms with E-state index in [1.165, 1.54) is 0 Å². The average Bonchev–Trinajstić information content (AvgIpc) is 3.28. The SMILES string of the molecule is COc1ccccc1N1CCN(C(=O)CCCc2nc(-c3ccc(Cl)cc3)no2)CC1. The molecule has 1 aromatic heterocycles. The highest BCUT2D eigenvalue weighted by Gasteiger charge is 2.22. The van der Waals surface area contributed by atoms with Crippen molar-refractivity contribution in [1.29, 1.82) is 0 Å². The zero-order valence-electron chi connectivity index (χ0n) is 17.5. The summed E-state index contributed by atoms with van der Waals surface area (Å²) >= 11 is 5.91. The van der Waals surface area contributed by atoms with E-state index in [9.17, 15) is 4.79 Å². The molecule has 31 heavy (non-hydrogen) atoms. The van der Waals surface area contributed by atoms with Gasteiger partial charge in [-0.3, -0.25) is 4.79 Å². The number of carbonyl (C=O) groups excluding carboxylic acids is 1. The van der Waals surface area contributed by atoms with Crippen LogP contribution in [0.3, 0.4) is 0 Å². The zero-order chi connectivity index (χ0) is 21.6. The van der Waals surface area contributed by atoms with Gasteiger partial charge < -0.3 is 19.1 Å². The van der Waals surface area contributed by atoms with E-state index in [0.717, 1.165) is 30.1 Å². The molecule has 4 rings (SSSR count). The van der Waals surface area contributed by atoms with E-state index >= 15 is 0 Å². The molecule has 0 spiro atoms. The molecule has 0 bridgehead atoms. The number of methoxy groups -OCH3 is 1. The van der Waals surface area contributed by atoms with Gasteiger partial charge in [-0.15, -0.1) is 0 Å². The van der Waals surface area contributed by atoms with Crippen LogP contribution in [0.5, 0.6) is 5.75 Å². The molecule has 7 nitrogen and oxygen atoms in total. The predicted molar refractivity (Wildman–Crippen MR) is 119 cm³/mol. The second-order valence-corrected chi connectivity index (χ2v) is 7.85. The number of rotatable bonds is 7. The van der Waals surface area contributed by atoms with E-state index in [-0.39, 0.29) is 5.91 Å². The molecule has 1 amide bonds. The highest BCUT2D eigenvalue weighted by atomic mass is 35.5. The van der Waals surface area contributed by atoms with Gasteiger partial charge in [0.2, 0.25) is 17.6 Å². The van der Waals surface area contributed by atoms with Gasteiger partial charge in [-0.1, -0.05) is 28.9 Å². The summed E-state index contributed by atoms with van der Waals surface area (Å²) in [5, 5.41) is 4.68. The minimum Gasteiger partial charge on any atom is -0.495 e. The molecule has 1 aliphatic rings. The zero-order valence-corrected chi connectivity index (χ0v) is 18.2. The summed E-state index contributed by atoms with van der Waals surface area (Å²) in [6.45, 7) is 3.00. The summed E-state index contributed by atoms with van der Waals surface area (Å²) in [6, 6.07) is 15.3. The van der Waals surface area contributed by atoms with Gasteiger partial charge >= 0.3 is 0 Å². The summed E-state index contributed by atoms with van der Waals surface area (Å²) in [7, 11) is 1.68. The standard InChI is InChI=1S/C23H25ClN4O3/c1-30-20-6-3-2-5-19(20)27-13-15-28(16-14-27)22(29)8-4-7-21-25-23(26-31-21)17-9-11-18(24)12-10-17/h2-3,5-6,9-12H,4,7-8,13-16H2,1H3. The Morgan fingerprint density at radius 1 is 1.10 bits per heavy atom. The van der Waals surface area contributed by atoms with Crippen LogP contribution in [-0.4, -0.2) is 54.2 Å². The second kappa shape index (κ2) is 9.83. The third-order valence-corrected chi connectivity index (χ3v) is 5.66. The van der Waals surface area contributed by atoms with Crippen molar-refractivity contribution in [2.45, 2.75) is 19.3 Å². The van der Waals surface area contributed by atoms with Crippen LogP contribution >= 0.6 is 11.6 Å². The lowest BCUT2D eigenvalue weighted by molar-refractivity contribution is -0.131. The molecule has 2 heterocycles. The Morgan fingerprint density at radius 2 is 1.84 bits per heavy atom. The lowest BCUT2D eigenvalue weighted by Gasteiger charge is -2.36. The average molecular weight is 441 g/mol. The number of carbonyl (C=O) groups is 1. The Labute approximate surface area is 186 Å². The van der Waals surface area contributed by atoms with Gasteiger partial charge in [-0.05, 0) is 42.8 Å². The lowest BCUT2D eigenvalue weighted by Crippen LogP contribution is -2.48. The maximum absolute atomic E-state index is 12.6. The molecule has 2 aromatic carbocycles. The molecule has 0 aliphatic carbocycles. The van der Waals surface area contributed by atoms with Crippen LogP contribution in [0, 0.1) is 0 Å². The third-order valence-electron chi connectivity index (χ3n) is 5.41. The molecule has 1 aliphatic heterocycles. The topological polar surface area (TPSA) is 71.7 Å². The van der Waals surface area contributed by atoms with E-state index in [1.54, 1.807) is 19.2 Å². The predicted octanol–water partition coefficient (Wildman–Crippen LogP) is 4.07. The number of para-hydroxylation sites is 2. The van der Waals surface area contributed by atoms with Crippen molar-refractivity contribution >= 4 is 23.2 Å². The molecule has 3 aromatic rings. The molecule has 1 saturated heterocycles. The van der Waals surface area contributed by atoms with Crippen molar-refractivity contribution in [1.82, 2.24) is 15.0 Å². The summed E-state index contributed by atoms with van der Waals surface area (Å²) in [6.07, 6.45) is 1.72. The number of nitrogens with zero attached hydrogens (tertiary/aromatic N) is 4. The normalized spacial score (nSPS) is 14.0. The summed E-state index contributed by atoms with van der Waals surface area (Å²) in [5.74, 6) is 2.10. The number of hydrogen-bond donors (Lipinski definition) is 0. The highest BCUT2D eigenvalue weighted by molar-refractivity contribution is 6.30. The smallest absolute Gasteiger partial charge is 0.226 e. The molecule has 162 valence electrons. The van der Waals surface area contributed by atoms with Crippen LogP contribution in [-0.2, 0) is 11.2 Å². The first-order valence-electron chi connectivity index (χ1n) is 10.4. The number of anilines is 1. The van der Waals surface area contributed by atoms with Gasteiger partial charge in [0.05, 0.1) is 12.8 Å². The number of amides is 1. The van der Waals surface area contributed by atoms with Crippen molar-refractivity contribution in [2.24, 2.45) is 0 Å². The Morgan fingerprint density at radius 3 is 2.58 bits per heavy atom. The molecule has 1 fully saturated rings. The minimum absolute atomic E-state index is 0.164. The maximum Gasteiger partial charge on any atom is 0.226 e. The second-order valence-electron chi connectivity index (χ2n) is 7.41. The van der Waals surface area contributed by atoms with Crippen LogP contribution in [0.1, 0.15) is 18.7 Å². The largest absolute Gasteiger partial charge is 0.495 e. The molecule has 0 atom stereocenters. The quantitative estimate of drug-likeness (QED) is 0.551. The van der Waals surface area contributed by atoms with Crippen LogP contribution in [0.15, 0.2) is 53.1 Å². The van der Waals surface area contributed by atoms with Gasteiger partial charge in [0.15, 0.2) is 0 Å². The lowest BCUT2D eigenvalue weighted by atomic mass is 10.2. The first-order chi connectivity index (χ1) is 15.1. The number of hydrogen-bond acceptors (Lipinski definition) is 6. The van der Waals surface area contributed by atoms with E-state index in [0.29, 0.717) is 49.1 Å². The molecule has 0 unspecified atom stereocenters. The number of piperazine rings is 1. The Hall–Kier alpha value is -3.06. The first-order valence-corrected chi connectivity index (χ1v) is 10.8. The fraction of sp³-hybridized carbons (Fsp3) is 0.348. The molecule has 0 N–H and O–H groups in total. The van der Waals surface area contributed by atoms with Crippen molar-refractivity contribution < 1.29 is 14.1 Å². The molecule has 8 heteroatoms. The maximum atomic E-state index is 12.6. The van der Waals surface area contributed by atoms with Crippen LogP contribution in [0.25, 0.3) is 11.4 Å². The van der Waals surface area contributed by atoms with Crippen LogP contribution < -0.4 is 9.64 Å². The van der Waals surface area contributed by atoms with Crippen molar-refractivity contribution in [3.63, 3.8) is 0 Å². The van der Waals surface area contributed by atoms with Gasteiger partial charge in [-0.2, -0.15) is 4.98 Å². The van der Waals surface area contributed by atoms with Gasteiger partial charge in [0.1, 0.15) is 5.75 Å². The van der Waals surface area contributed by atoms with E-state index in [1.807, 2.05) is 35.2 Å². The molecule has 0 saturated carbocycles. The number of aromatic nitrogens is 2. The highest BCUT2D eigenvalue weighted by Crippen LogP contribution is 2.28. The summed E-state index contributed by atoms with van der Waals surface area (Å²) in [5.41, 5.74) is 1.92. The van der Waals surface area contributed by atoms with Gasteiger partial charge in [0.25, 0.3) is 0 Å². The van der Waals surface area contributed by atoms with E-state index in [4.69, 9.17) is 20.9 Å². The van der Waals surface area contributed by atoms with Crippen molar-refractivity contribution in [2.75, 3.05) is 38.2 Å². The van der Waals surface area contributed by atoms with E-state index in [2.05, 4.69) is 21.1 Å². The summed E-state index contributed by atoms with van der Waals surface area (Å²) in [4.78, 5) is 21.2. The van der Waals surface area contributed by atoms with Crippen molar-refractivity contribution in [3.05, 3.63) is 59.4 Å². The summed E-state index contributed by atoms with van der Waals surface area (Å²) < 4.78 is 10.8. The van der Waals surface area contributed by atoms with Crippen LogP contribution in [0.2, 0.25) is 5.02 Å². The molecular weight excluding hydrogens is 416 g/mol.